The fourth-order valence-corrected chi connectivity index (χ4v) is 3.99. The third-order valence-corrected chi connectivity index (χ3v) is 5.66. The Hall–Kier alpha value is -1.79. The van der Waals surface area contributed by atoms with E-state index in [0.717, 1.165) is 50.1 Å². The highest BCUT2D eigenvalue weighted by atomic mass is 16.5. The van der Waals surface area contributed by atoms with Gasteiger partial charge in [-0.05, 0) is 50.9 Å². The van der Waals surface area contributed by atoms with Crippen molar-refractivity contribution < 1.29 is 19.4 Å². The molecule has 2 N–H and O–H groups in total. The largest absolute Gasteiger partial charge is 0.496 e. The molecule has 0 aromatic heterocycles. The number of fused-ring (bicyclic) bond motifs is 1. The number of carbonyl (C=O) groups excluding carboxylic acids is 1. The van der Waals surface area contributed by atoms with Crippen LogP contribution in [0.3, 0.4) is 0 Å². The third-order valence-electron chi connectivity index (χ3n) is 5.66. The molecule has 0 spiro atoms. The summed E-state index contributed by atoms with van der Waals surface area (Å²) in [5, 5.41) is 13.5. The van der Waals surface area contributed by atoms with E-state index < -0.39 is 6.10 Å². The van der Waals surface area contributed by atoms with Crippen LogP contribution in [0.1, 0.15) is 48.5 Å². The van der Waals surface area contributed by atoms with E-state index in [4.69, 9.17) is 9.47 Å². The molecule has 0 radical (unpaired) electrons. The minimum absolute atomic E-state index is 0.0989. The number of nitrogens with one attached hydrogen (secondary N) is 1. The van der Waals surface area contributed by atoms with Gasteiger partial charge in [-0.15, -0.1) is 0 Å². The first-order chi connectivity index (χ1) is 13.1. The van der Waals surface area contributed by atoms with E-state index in [1.54, 1.807) is 13.2 Å². The van der Waals surface area contributed by atoms with E-state index >= 15 is 0 Å². The second kappa shape index (κ2) is 9.42. The SMILES string of the molecule is CCCCN1CC[C@@H](CNC(=O)c2ccc(OC)c3c2OCCC3)C(O)C1. The molecular formula is C21H32N2O4. The van der Waals surface area contributed by atoms with Crippen molar-refractivity contribution in [2.24, 2.45) is 5.92 Å². The van der Waals surface area contributed by atoms with Crippen molar-refractivity contribution in [1.82, 2.24) is 10.2 Å². The Morgan fingerprint density at radius 1 is 1.44 bits per heavy atom. The van der Waals surface area contributed by atoms with Crippen LogP contribution in [0.4, 0.5) is 0 Å². The van der Waals surface area contributed by atoms with Crippen molar-refractivity contribution in [1.29, 1.82) is 0 Å². The van der Waals surface area contributed by atoms with Gasteiger partial charge in [-0.3, -0.25) is 4.79 Å². The number of hydrogen-bond donors (Lipinski definition) is 2. The molecule has 2 atom stereocenters. The van der Waals surface area contributed by atoms with Gasteiger partial charge in [-0.25, -0.2) is 0 Å². The van der Waals surface area contributed by atoms with Crippen molar-refractivity contribution >= 4 is 5.91 Å². The number of aliphatic hydroxyl groups excluding tert-OH is 1. The van der Waals surface area contributed by atoms with E-state index in [0.29, 0.717) is 31.0 Å². The normalized spacial score (nSPS) is 22.6. The molecule has 150 valence electrons. The van der Waals surface area contributed by atoms with Crippen LogP contribution in [0.2, 0.25) is 0 Å². The lowest BCUT2D eigenvalue weighted by Gasteiger charge is -2.36. The number of amides is 1. The van der Waals surface area contributed by atoms with Crippen molar-refractivity contribution in [2.75, 3.05) is 39.9 Å². The van der Waals surface area contributed by atoms with Crippen molar-refractivity contribution in [3.05, 3.63) is 23.3 Å². The molecule has 3 rings (SSSR count). The van der Waals surface area contributed by atoms with Gasteiger partial charge in [0.1, 0.15) is 11.5 Å². The molecule has 1 fully saturated rings. The maximum Gasteiger partial charge on any atom is 0.255 e. The number of nitrogens with zero attached hydrogens (tertiary/aromatic N) is 1. The summed E-state index contributed by atoms with van der Waals surface area (Å²) in [6.07, 6.45) is 4.63. The summed E-state index contributed by atoms with van der Waals surface area (Å²) in [6.45, 7) is 6.01. The smallest absolute Gasteiger partial charge is 0.255 e. The summed E-state index contributed by atoms with van der Waals surface area (Å²) in [6, 6.07) is 3.60. The fourth-order valence-electron chi connectivity index (χ4n) is 3.99. The van der Waals surface area contributed by atoms with Gasteiger partial charge in [0.15, 0.2) is 0 Å². The zero-order chi connectivity index (χ0) is 19.2. The number of methoxy groups -OCH3 is 1. The van der Waals surface area contributed by atoms with Crippen LogP contribution >= 0.6 is 0 Å². The number of carbonyl (C=O) groups is 1. The molecule has 2 aliphatic heterocycles. The number of piperidine rings is 1. The van der Waals surface area contributed by atoms with E-state index in [2.05, 4.69) is 17.1 Å². The van der Waals surface area contributed by atoms with E-state index in [-0.39, 0.29) is 11.8 Å². The molecule has 1 amide bonds. The van der Waals surface area contributed by atoms with Crippen molar-refractivity contribution in [2.45, 2.75) is 45.1 Å². The van der Waals surface area contributed by atoms with E-state index in [9.17, 15) is 9.90 Å². The van der Waals surface area contributed by atoms with E-state index in [1.165, 1.54) is 6.42 Å². The molecule has 27 heavy (non-hydrogen) atoms. The predicted octanol–water partition coefficient (Wildman–Crippen LogP) is 2.23. The first kappa shape index (κ1) is 20.0. The van der Waals surface area contributed by atoms with Crippen LogP contribution in [-0.2, 0) is 6.42 Å². The number of ether oxygens (including phenoxy) is 2. The third kappa shape index (κ3) is 4.74. The lowest BCUT2D eigenvalue weighted by molar-refractivity contribution is 0.0217. The average Bonchev–Trinajstić information content (AvgIpc) is 2.70. The standard InChI is InChI=1S/C21H32N2O4/c1-3-4-10-23-11-9-15(18(24)14-23)13-22-21(25)17-7-8-19(26-2)16-6-5-12-27-20(16)17/h7-8,15,18,24H,3-6,9-14H2,1-2H3,(H,22,25)/t15-,18?/m0/s1. The topological polar surface area (TPSA) is 71.0 Å². The molecule has 2 heterocycles. The second-order valence-corrected chi connectivity index (χ2v) is 7.56. The zero-order valence-electron chi connectivity index (χ0n) is 16.5. The minimum atomic E-state index is -0.392. The summed E-state index contributed by atoms with van der Waals surface area (Å²) in [5.41, 5.74) is 1.53. The molecular weight excluding hydrogens is 344 g/mol. The van der Waals surface area contributed by atoms with Gasteiger partial charge in [0.2, 0.25) is 0 Å². The molecule has 1 saturated heterocycles. The van der Waals surface area contributed by atoms with Crippen LogP contribution in [-0.4, -0.2) is 61.9 Å². The molecule has 1 unspecified atom stereocenters. The van der Waals surface area contributed by atoms with Crippen LogP contribution in [0.5, 0.6) is 11.5 Å². The lowest BCUT2D eigenvalue weighted by Crippen LogP contribution is -2.47. The molecule has 6 nitrogen and oxygen atoms in total. The number of hydrogen-bond acceptors (Lipinski definition) is 5. The Morgan fingerprint density at radius 3 is 3.04 bits per heavy atom. The maximum atomic E-state index is 12.7. The maximum absolute atomic E-state index is 12.7. The number of rotatable bonds is 7. The van der Waals surface area contributed by atoms with Gasteiger partial charge in [0.25, 0.3) is 5.91 Å². The fraction of sp³-hybridized carbons (Fsp3) is 0.667. The van der Waals surface area contributed by atoms with Crippen LogP contribution in [0.15, 0.2) is 12.1 Å². The Bertz CT molecular complexity index is 649. The number of β-amino-alcohol motifs (C(OH)–C–C–N with tert-alkyl or cyclic N) is 1. The molecule has 0 saturated carbocycles. The molecule has 6 heteroatoms. The zero-order valence-corrected chi connectivity index (χ0v) is 16.5. The molecule has 1 aromatic rings. The number of aliphatic hydroxyl groups is 1. The minimum Gasteiger partial charge on any atom is -0.496 e. The average molecular weight is 376 g/mol. The number of unbranched alkanes of at least 4 members (excludes halogenated alkanes) is 1. The first-order valence-corrected chi connectivity index (χ1v) is 10.1. The van der Waals surface area contributed by atoms with Crippen LogP contribution < -0.4 is 14.8 Å². The van der Waals surface area contributed by atoms with Crippen LogP contribution in [0.25, 0.3) is 0 Å². The molecule has 1 aromatic carbocycles. The number of likely N-dealkylation sites (tertiary alicyclic amines) is 1. The highest BCUT2D eigenvalue weighted by Crippen LogP contribution is 2.36. The molecule has 2 aliphatic rings. The van der Waals surface area contributed by atoms with Gasteiger partial charge < -0.3 is 24.8 Å². The van der Waals surface area contributed by atoms with Gasteiger partial charge in [0.05, 0.1) is 25.4 Å². The Kier molecular flexibility index (Phi) is 6.96. The highest BCUT2D eigenvalue weighted by molar-refractivity contribution is 5.97. The highest BCUT2D eigenvalue weighted by Gasteiger charge is 2.28. The molecule has 0 aliphatic carbocycles. The van der Waals surface area contributed by atoms with Gasteiger partial charge in [-0.1, -0.05) is 13.3 Å². The predicted molar refractivity (Wildman–Crippen MR) is 105 cm³/mol. The van der Waals surface area contributed by atoms with Gasteiger partial charge in [0, 0.05) is 24.6 Å². The summed E-state index contributed by atoms with van der Waals surface area (Å²) in [5.74, 6) is 1.38. The van der Waals surface area contributed by atoms with Crippen molar-refractivity contribution in [3.8, 4) is 11.5 Å². The number of benzene rings is 1. The summed E-state index contributed by atoms with van der Waals surface area (Å²) >= 11 is 0. The first-order valence-electron chi connectivity index (χ1n) is 10.1. The Balaban J connectivity index is 1.59. The Labute approximate surface area is 161 Å². The monoisotopic (exact) mass is 376 g/mol. The van der Waals surface area contributed by atoms with Crippen LogP contribution in [0, 0.1) is 5.92 Å². The van der Waals surface area contributed by atoms with Crippen molar-refractivity contribution in [3.63, 3.8) is 0 Å². The summed E-state index contributed by atoms with van der Waals surface area (Å²) in [7, 11) is 1.64. The summed E-state index contributed by atoms with van der Waals surface area (Å²) in [4.78, 5) is 15.1. The van der Waals surface area contributed by atoms with Gasteiger partial charge >= 0.3 is 0 Å². The Morgan fingerprint density at radius 2 is 2.30 bits per heavy atom. The van der Waals surface area contributed by atoms with E-state index in [1.807, 2.05) is 6.07 Å². The quantitative estimate of drug-likeness (QED) is 0.764. The van der Waals surface area contributed by atoms with Gasteiger partial charge in [-0.2, -0.15) is 0 Å². The second-order valence-electron chi connectivity index (χ2n) is 7.56. The summed E-state index contributed by atoms with van der Waals surface area (Å²) < 4.78 is 11.2. The molecule has 0 bridgehead atoms. The lowest BCUT2D eigenvalue weighted by atomic mass is 9.93.